The second-order valence-corrected chi connectivity index (χ2v) is 12.8. The summed E-state index contributed by atoms with van der Waals surface area (Å²) in [4.78, 5) is 4.35. The normalized spacial score (nSPS) is 19.0. The van der Waals surface area contributed by atoms with Crippen LogP contribution < -0.4 is 9.64 Å². The summed E-state index contributed by atoms with van der Waals surface area (Å²) in [6.45, 7) is 3.97. The van der Waals surface area contributed by atoms with Crippen LogP contribution >= 0.6 is 0 Å². The summed E-state index contributed by atoms with van der Waals surface area (Å²) in [7, 11) is 0. The van der Waals surface area contributed by atoms with Crippen LogP contribution in [0.2, 0.25) is 0 Å². The van der Waals surface area contributed by atoms with Crippen molar-refractivity contribution >= 4 is 17.6 Å². The molecule has 1 saturated carbocycles. The number of benzene rings is 2. The highest BCUT2D eigenvalue weighted by atomic mass is 19.4. The Bertz CT molecular complexity index is 1680. The molecule has 0 unspecified atom stereocenters. The van der Waals surface area contributed by atoms with Gasteiger partial charge in [0.15, 0.2) is 5.83 Å². The first kappa shape index (κ1) is 30.4. The van der Waals surface area contributed by atoms with Crippen LogP contribution in [0.15, 0.2) is 73.2 Å². The molecule has 0 bridgehead atoms. The van der Waals surface area contributed by atoms with Gasteiger partial charge in [-0.05, 0) is 105 Å². The van der Waals surface area contributed by atoms with Crippen molar-refractivity contribution < 1.29 is 22.3 Å². The van der Waals surface area contributed by atoms with E-state index in [0.717, 1.165) is 57.3 Å². The van der Waals surface area contributed by atoms with Crippen LogP contribution in [0.3, 0.4) is 0 Å². The molecule has 46 heavy (non-hydrogen) atoms. The minimum absolute atomic E-state index is 0.000850. The molecule has 0 atom stereocenters. The van der Waals surface area contributed by atoms with Gasteiger partial charge in [-0.25, -0.2) is 9.07 Å². The number of alkyl halides is 3. The maximum absolute atomic E-state index is 15.9. The average molecular weight is 633 g/mol. The molecule has 7 rings (SSSR count). The maximum atomic E-state index is 15.9. The number of para-hydroxylation sites is 1. The van der Waals surface area contributed by atoms with Crippen molar-refractivity contribution in [2.75, 3.05) is 37.6 Å². The maximum Gasteiger partial charge on any atom is 0.422 e. The summed E-state index contributed by atoms with van der Waals surface area (Å²) in [5, 5.41) is 11.9. The van der Waals surface area contributed by atoms with E-state index in [0.29, 0.717) is 24.5 Å². The number of ether oxygens (including phenoxy) is 1. The molecule has 2 aliphatic heterocycles. The minimum atomic E-state index is -4.76. The molecule has 3 aliphatic rings. The van der Waals surface area contributed by atoms with Gasteiger partial charge >= 0.3 is 6.18 Å². The Morgan fingerprint density at radius 1 is 0.957 bits per heavy atom. The van der Waals surface area contributed by atoms with E-state index in [4.69, 9.17) is 4.74 Å². The van der Waals surface area contributed by atoms with E-state index >= 15 is 17.6 Å². The smallest absolute Gasteiger partial charge is 0.422 e. The summed E-state index contributed by atoms with van der Waals surface area (Å²) < 4.78 is 68.7. The van der Waals surface area contributed by atoms with Gasteiger partial charge in [0.05, 0.1) is 23.8 Å². The van der Waals surface area contributed by atoms with Crippen molar-refractivity contribution in [3.8, 4) is 17.2 Å². The number of aromatic nitrogens is 4. The summed E-state index contributed by atoms with van der Waals surface area (Å²) in [5.41, 5.74) is -0.317. The molecule has 11 heteroatoms. The number of hydrogen-bond donors (Lipinski definition) is 0. The fourth-order valence-corrected chi connectivity index (χ4v) is 6.93. The van der Waals surface area contributed by atoms with Crippen LogP contribution in [0.5, 0.6) is 11.5 Å². The first-order chi connectivity index (χ1) is 22.3. The molecule has 2 aromatic carbocycles. The fourth-order valence-electron chi connectivity index (χ4n) is 6.93. The molecule has 240 valence electrons. The van der Waals surface area contributed by atoms with Gasteiger partial charge in [-0.2, -0.15) is 28.5 Å². The molecular formula is C35H36F4N6O. The Morgan fingerprint density at radius 2 is 1.76 bits per heavy atom. The van der Waals surface area contributed by atoms with E-state index < -0.39 is 17.6 Å². The number of likely N-dealkylation sites (tertiary alicyclic amines) is 1. The highest BCUT2D eigenvalue weighted by Crippen LogP contribution is 2.50. The van der Waals surface area contributed by atoms with Gasteiger partial charge < -0.3 is 14.5 Å². The predicted molar refractivity (Wildman–Crippen MR) is 168 cm³/mol. The van der Waals surface area contributed by atoms with Crippen molar-refractivity contribution in [2.24, 2.45) is 11.3 Å². The summed E-state index contributed by atoms with van der Waals surface area (Å²) in [6.07, 6.45) is 7.18. The molecule has 4 heterocycles. The molecule has 3 fully saturated rings. The number of hydrogen-bond acceptors (Lipinski definition) is 6. The van der Waals surface area contributed by atoms with Crippen LogP contribution in [0.1, 0.15) is 55.3 Å². The predicted octanol–water partition coefficient (Wildman–Crippen LogP) is 8.03. The molecule has 2 aromatic heterocycles. The largest absolute Gasteiger partial charge is 0.457 e. The second-order valence-electron chi connectivity index (χ2n) is 12.8. The first-order valence-electron chi connectivity index (χ1n) is 15.9. The van der Waals surface area contributed by atoms with Gasteiger partial charge in [0.1, 0.15) is 22.8 Å². The number of anilines is 1. The van der Waals surface area contributed by atoms with Gasteiger partial charge in [-0.15, -0.1) is 0 Å². The lowest BCUT2D eigenvalue weighted by Gasteiger charge is -2.49. The van der Waals surface area contributed by atoms with Crippen LogP contribution in [-0.2, 0) is 6.18 Å². The Balaban J connectivity index is 1.27. The summed E-state index contributed by atoms with van der Waals surface area (Å²) >= 11 is 0. The van der Waals surface area contributed by atoms with E-state index in [9.17, 15) is 0 Å². The van der Waals surface area contributed by atoms with Gasteiger partial charge in [0.2, 0.25) is 0 Å². The van der Waals surface area contributed by atoms with E-state index in [1.165, 1.54) is 48.1 Å². The van der Waals surface area contributed by atoms with Crippen molar-refractivity contribution in [3.05, 3.63) is 90.0 Å². The van der Waals surface area contributed by atoms with Gasteiger partial charge in [0.25, 0.3) is 0 Å². The third-order valence-electron chi connectivity index (χ3n) is 9.48. The SMILES string of the molecule is F/C(=C\c1ccc(Oc2ccccc2)c(C(F)(F)F)c1N1CCCC2(CCN(CC3CC3)CC2)C1)c1ccn(-c2ccnnc2)n1. The van der Waals surface area contributed by atoms with Gasteiger partial charge in [0, 0.05) is 31.4 Å². The van der Waals surface area contributed by atoms with Crippen molar-refractivity contribution in [1.29, 1.82) is 0 Å². The lowest BCUT2D eigenvalue weighted by atomic mass is 9.72. The molecule has 1 aliphatic carbocycles. The zero-order valence-electron chi connectivity index (χ0n) is 25.5. The first-order valence-corrected chi connectivity index (χ1v) is 15.9. The van der Waals surface area contributed by atoms with Crippen molar-refractivity contribution in [2.45, 2.75) is 44.7 Å². The molecular weight excluding hydrogens is 596 g/mol. The molecule has 1 spiro atoms. The van der Waals surface area contributed by atoms with Gasteiger partial charge in [-0.1, -0.05) is 18.2 Å². The fraction of sp³-hybridized carbons (Fsp3) is 0.400. The van der Waals surface area contributed by atoms with Crippen LogP contribution in [0.4, 0.5) is 23.2 Å². The van der Waals surface area contributed by atoms with E-state index in [1.807, 2.05) is 4.90 Å². The van der Waals surface area contributed by atoms with Crippen LogP contribution in [-0.4, -0.2) is 57.6 Å². The lowest BCUT2D eigenvalue weighted by Crippen LogP contribution is -2.50. The zero-order chi connectivity index (χ0) is 31.7. The molecule has 7 nitrogen and oxygen atoms in total. The Labute approximate surface area is 265 Å². The Hall–Kier alpha value is -4.25. The van der Waals surface area contributed by atoms with E-state index in [1.54, 1.807) is 42.6 Å². The number of piperidine rings is 2. The molecule has 0 radical (unpaired) electrons. The van der Waals surface area contributed by atoms with Crippen molar-refractivity contribution in [1.82, 2.24) is 24.9 Å². The molecule has 4 aromatic rings. The highest BCUT2D eigenvalue weighted by molar-refractivity contribution is 5.84. The zero-order valence-corrected chi connectivity index (χ0v) is 25.5. The topological polar surface area (TPSA) is 59.3 Å². The Morgan fingerprint density at radius 3 is 2.48 bits per heavy atom. The monoisotopic (exact) mass is 632 g/mol. The summed E-state index contributed by atoms with van der Waals surface area (Å²) in [6, 6.07) is 14.4. The van der Waals surface area contributed by atoms with Crippen LogP contribution in [0, 0.1) is 11.3 Å². The van der Waals surface area contributed by atoms with Crippen LogP contribution in [0.25, 0.3) is 17.6 Å². The van der Waals surface area contributed by atoms with E-state index in [2.05, 4.69) is 20.2 Å². The van der Waals surface area contributed by atoms with Gasteiger partial charge in [-0.3, -0.25) is 0 Å². The molecule has 0 N–H and O–H groups in total. The number of nitrogens with zero attached hydrogens (tertiary/aromatic N) is 6. The standard InChI is InChI=1S/C35H36F4N6O/c36-29(30-12-18-45(42-30)27-11-16-40-41-22-27)21-26-9-10-31(46-28-5-2-1-3-6-28)32(35(37,38)39)33(26)44-17-4-13-34(24-44)14-19-43(20-15-34)23-25-7-8-25/h1-3,5-6,9-12,16,18,21-22,25H,4,7-8,13-15,17,19-20,23-24H2/b29-21-. The lowest BCUT2D eigenvalue weighted by molar-refractivity contribution is -0.138. The summed E-state index contributed by atoms with van der Waals surface area (Å²) in [5.74, 6) is 0.0462. The highest BCUT2D eigenvalue weighted by Gasteiger charge is 2.44. The minimum Gasteiger partial charge on any atom is -0.457 e. The molecule has 2 saturated heterocycles. The van der Waals surface area contributed by atoms with Crippen molar-refractivity contribution in [3.63, 3.8) is 0 Å². The average Bonchev–Trinajstić information content (AvgIpc) is 3.73. The third kappa shape index (κ3) is 6.65. The number of rotatable bonds is 8. The van der Waals surface area contributed by atoms with E-state index in [-0.39, 0.29) is 28.1 Å². The Kier molecular flexibility index (Phi) is 8.27. The second kappa shape index (κ2) is 12.5. The molecule has 0 amide bonds. The quantitative estimate of drug-likeness (QED) is 0.183. The number of halogens is 4. The third-order valence-corrected chi connectivity index (χ3v) is 9.48.